The molecule has 0 atom stereocenters. The molecule has 0 amide bonds. The summed E-state index contributed by atoms with van der Waals surface area (Å²) >= 11 is 1.75. The minimum absolute atomic E-state index is 0.0354. The topological polar surface area (TPSA) is 38.9 Å². The first-order valence-electron chi connectivity index (χ1n) is 4.67. The standard InChI is InChI=1S/C10H18N2S/c1-8-7-13-9(12-8)5-4-6-10(2,3)11/h7H,4-6,11H2,1-3H3. The van der Waals surface area contributed by atoms with Gasteiger partial charge in [0.1, 0.15) is 0 Å². The van der Waals surface area contributed by atoms with E-state index in [1.54, 1.807) is 11.3 Å². The molecule has 0 unspecified atom stereocenters. The average Bonchev–Trinajstić information content (AvgIpc) is 2.33. The van der Waals surface area contributed by atoms with Crippen LogP contribution in [0.15, 0.2) is 5.38 Å². The Bertz CT molecular complexity index is 260. The molecule has 0 aliphatic rings. The Morgan fingerprint density at radius 1 is 1.54 bits per heavy atom. The molecule has 0 saturated carbocycles. The van der Waals surface area contributed by atoms with Crippen LogP contribution in [0.3, 0.4) is 0 Å². The molecule has 74 valence electrons. The van der Waals surface area contributed by atoms with E-state index in [0.29, 0.717) is 0 Å². The molecule has 0 saturated heterocycles. The van der Waals surface area contributed by atoms with Gasteiger partial charge in [-0.2, -0.15) is 0 Å². The normalized spacial score (nSPS) is 12.0. The van der Waals surface area contributed by atoms with Gasteiger partial charge in [-0.25, -0.2) is 4.98 Å². The van der Waals surface area contributed by atoms with Crippen molar-refractivity contribution in [1.29, 1.82) is 0 Å². The van der Waals surface area contributed by atoms with Crippen molar-refractivity contribution in [2.24, 2.45) is 5.73 Å². The lowest BCUT2D eigenvalue weighted by Crippen LogP contribution is -2.31. The number of nitrogens with two attached hydrogens (primary N) is 1. The summed E-state index contributed by atoms with van der Waals surface area (Å²) in [4.78, 5) is 4.41. The first-order chi connectivity index (χ1) is 5.97. The van der Waals surface area contributed by atoms with Crippen molar-refractivity contribution in [1.82, 2.24) is 4.98 Å². The summed E-state index contributed by atoms with van der Waals surface area (Å²) < 4.78 is 0. The minimum atomic E-state index is -0.0354. The summed E-state index contributed by atoms with van der Waals surface area (Å²) in [6.07, 6.45) is 3.27. The lowest BCUT2D eigenvalue weighted by molar-refractivity contribution is 0.459. The summed E-state index contributed by atoms with van der Waals surface area (Å²) in [6, 6.07) is 0. The highest BCUT2D eigenvalue weighted by Crippen LogP contribution is 2.14. The predicted octanol–water partition coefficient (Wildman–Crippen LogP) is 2.51. The van der Waals surface area contributed by atoms with Crippen LogP contribution in [-0.2, 0) is 6.42 Å². The van der Waals surface area contributed by atoms with Crippen LogP contribution in [0.4, 0.5) is 0 Å². The van der Waals surface area contributed by atoms with Crippen LogP contribution in [0.2, 0.25) is 0 Å². The Hall–Kier alpha value is -0.410. The van der Waals surface area contributed by atoms with E-state index in [0.717, 1.165) is 25.0 Å². The molecule has 13 heavy (non-hydrogen) atoms. The number of rotatable bonds is 4. The molecule has 1 heterocycles. The largest absolute Gasteiger partial charge is 0.326 e. The van der Waals surface area contributed by atoms with Crippen molar-refractivity contribution >= 4 is 11.3 Å². The first kappa shape index (κ1) is 10.7. The van der Waals surface area contributed by atoms with Gasteiger partial charge in [0.15, 0.2) is 0 Å². The molecule has 0 radical (unpaired) electrons. The van der Waals surface area contributed by atoms with E-state index in [4.69, 9.17) is 5.73 Å². The van der Waals surface area contributed by atoms with E-state index in [1.165, 1.54) is 5.01 Å². The number of hydrogen-bond acceptors (Lipinski definition) is 3. The van der Waals surface area contributed by atoms with Gasteiger partial charge in [-0.1, -0.05) is 0 Å². The van der Waals surface area contributed by atoms with Crippen molar-refractivity contribution in [2.75, 3.05) is 0 Å². The molecule has 1 rings (SSSR count). The van der Waals surface area contributed by atoms with Gasteiger partial charge < -0.3 is 5.73 Å². The molecule has 0 fully saturated rings. The highest BCUT2D eigenvalue weighted by atomic mass is 32.1. The van der Waals surface area contributed by atoms with Crippen molar-refractivity contribution in [3.63, 3.8) is 0 Å². The van der Waals surface area contributed by atoms with Crippen molar-refractivity contribution in [3.8, 4) is 0 Å². The van der Waals surface area contributed by atoms with Gasteiger partial charge >= 0.3 is 0 Å². The van der Waals surface area contributed by atoms with Crippen molar-refractivity contribution in [2.45, 2.75) is 45.6 Å². The first-order valence-corrected chi connectivity index (χ1v) is 5.55. The van der Waals surface area contributed by atoms with E-state index in [1.807, 2.05) is 6.92 Å². The smallest absolute Gasteiger partial charge is 0.0928 e. The third-order valence-corrected chi connectivity index (χ3v) is 2.90. The highest BCUT2D eigenvalue weighted by molar-refractivity contribution is 7.09. The minimum Gasteiger partial charge on any atom is -0.326 e. The second kappa shape index (κ2) is 4.20. The Morgan fingerprint density at radius 3 is 2.69 bits per heavy atom. The number of aryl methyl sites for hydroxylation is 2. The highest BCUT2D eigenvalue weighted by Gasteiger charge is 2.10. The maximum atomic E-state index is 5.89. The second-order valence-corrected chi connectivity index (χ2v) is 5.17. The second-order valence-electron chi connectivity index (χ2n) is 4.22. The summed E-state index contributed by atoms with van der Waals surface area (Å²) in [5.41, 5.74) is 6.98. The predicted molar refractivity (Wildman–Crippen MR) is 58.1 cm³/mol. The number of aromatic nitrogens is 1. The maximum Gasteiger partial charge on any atom is 0.0928 e. The average molecular weight is 198 g/mol. The van der Waals surface area contributed by atoms with Gasteiger partial charge in [0.2, 0.25) is 0 Å². The lowest BCUT2D eigenvalue weighted by atomic mass is 9.99. The van der Waals surface area contributed by atoms with Crippen LogP contribution < -0.4 is 5.73 Å². The Labute approximate surface area is 84.2 Å². The Balaban J connectivity index is 2.28. The Kier molecular flexibility index (Phi) is 3.45. The molecule has 0 aliphatic heterocycles. The van der Waals surface area contributed by atoms with Gasteiger partial charge in [0.25, 0.3) is 0 Å². The van der Waals surface area contributed by atoms with Crippen molar-refractivity contribution < 1.29 is 0 Å². The van der Waals surface area contributed by atoms with Gasteiger partial charge in [-0.3, -0.25) is 0 Å². The fourth-order valence-corrected chi connectivity index (χ4v) is 2.03. The zero-order chi connectivity index (χ0) is 9.90. The van der Waals surface area contributed by atoms with Crippen LogP contribution in [0.5, 0.6) is 0 Å². The van der Waals surface area contributed by atoms with Crippen LogP contribution >= 0.6 is 11.3 Å². The maximum absolute atomic E-state index is 5.89. The van der Waals surface area contributed by atoms with Crippen LogP contribution in [0.1, 0.15) is 37.4 Å². The van der Waals surface area contributed by atoms with Crippen LogP contribution in [0, 0.1) is 6.92 Å². The number of nitrogens with zero attached hydrogens (tertiary/aromatic N) is 1. The fourth-order valence-electron chi connectivity index (χ4n) is 1.21. The third-order valence-electron chi connectivity index (χ3n) is 1.88. The molecule has 0 bridgehead atoms. The summed E-state index contributed by atoms with van der Waals surface area (Å²) in [5.74, 6) is 0. The van der Waals surface area contributed by atoms with E-state index in [2.05, 4.69) is 24.2 Å². The molecule has 2 nitrogen and oxygen atoms in total. The monoisotopic (exact) mass is 198 g/mol. The lowest BCUT2D eigenvalue weighted by Gasteiger charge is -2.17. The summed E-state index contributed by atoms with van der Waals surface area (Å²) in [7, 11) is 0. The molecule has 0 spiro atoms. The Morgan fingerprint density at radius 2 is 2.23 bits per heavy atom. The molecular weight excluding hydrogens is 180 g/mol. The van der Waals surface area contributed by atoms with Gasteiger partial charge in [0.05, 0.1) is 5.01 Å². The van der Waals surface area contributed by atoms with Gasteiger partial charge in [0, 0.05) is 16.6 Å². The van der Waals surface area contributed by atoms with Crippen LogP contribution in [-0.4, -0.2) is 10.5 Å². The van der Waals surface area contributed by atoms with Gasteiger partial charge in [-0.15, -0.1) is 11.3 Å². The summed E-state index contributed by atoms with van der Waals surface area (Å²) in [6.45, 7) is 6.17. The van der Waals surface area contributed by atoms with Gasteiger partial charge in [-0.05, 0) is 40.0 Å². The molecule has 2 N–H and O–H groups in total. The third kappa shape index (κ3) is 4.39. The SMILES string of the molecule is Cc1csc(CCCC(C)(C)N)n1. The zero-order valence-electron chi connectivity index (χ0n) is 8.63. The zero-order valence-corrected chi connectivity index (χ0v) is 9.45. The van der Waals surface area contributed by atoms with E-state index >= 15 is 0 Å². The molecule has 1 aromatic rings. The number of hydrogen-bond donors (Lipinski definition) is 1. The summed E-state index contributed by atoms with van der Waals surface area (Å²) in [5, 5.41) is 3.34. The quantitative estimate of drug-likeness (QED) is 0.807. The molecule has 0 aromatic carbocycles. The van der Waals surface area contributed by atoms with Crippen molar-refractivity contribution in [3.05, 3.63) is 16.1 Å². The van der Waals surface area contributed by atoms with E-state index < -0.39 is 0 Å². The molecule has 3 heteroatoms. The number of thiazole rings is 1. The van der Waals surface area contributed by atoms with Crippen LogP contribution in [0.25, 0.3) is 0 Å². The molecular formula is C10H18N2S. The molecule has 0 aliphatic carbocycles. The fraction of sp³-hybridized carbons (Fsp3) is 0.700. The van der Waals surface area contributed by atoms with E-state index in [-0.39, 0.29) is 5.54 Å². The molecule has 1 aromatic heterocycles. The van der Waals surface area contributed by atoms with E-state index in [9.17, 15) is 0 Å².